The lowest BCUT2D eigenvalue weighted by molar-refractivity contribution is -0.144. The number of ether oxygens (including phenoxy) is 3. The zero-order chi connectivity index (χ0) is 14.4. The van der Waals surface area contributed by atoms with Crippen molar-refractivity contribution in [1.29, 1.82) is 0 Å². The van der Waals surface area contributed by atoms with Gasteiger partial charge in [-0.05, 0) is 6.92 Å². The van der Waals surface area contributed by atoms with E-state index in [1.165, 1.54) is 7.11 Å². The number of morpholine rings is 1. The molecule has 0 N–H and O–H groups in total. The van der Waals surface area contributed by atoms with Crippen LogP contribution in [0, 0.1) is 0 Å². The third-order valence-corrected chi connectivity index (χ3v) is 2.98. The molecule has 1 aromatic heterocycles. The summed E-state index contributed by atoms with van der Waals surface area (Å²) >= 11 is 0. The quantitative estimate of drug-likeness (QED) is 0.733. The molecule has 0 saturated carbocycles. The molecule has 0 aliphatic carbocycles. The lowest BCUT2D eigenvalue weighted by Gasteiger charge is -2.33. The molecule has 0 radical (unpaired) electrons. The van der Waals surface area contributed by atoms with E-state index < -0.39 is 0 Å². The first-order valence-corrected chi connectivity index (χ1v) is 6.61. The van der Waals surface area contributed by atoms with Crippen LogP contribution in [0.3, 0.4) is 0 Å². The number of aromatic nitrogens is 2. The summed E-state index contributed by atoms with van der Waals surface area (Å²) in [5.74, 6) is 0.959. The van der Waals surface area contributed by atoms with Gasteiger partial charge < -0.3 is 19.1 Å². The Morgan fingerprint density at radius 2 is 2.40 bits per heavy atom. The monoisotopic (exact) mass is 281 g/mol. The average Bonchev–Trinajstić information content (AvgIpc) is 2.48. The van der Waals surface area contributed by atoms with Crippen LogP contribution in [0.15, 0.2) is 12.4 Å². The van der Waals surface area contributed by atoms with Crippen LogP contribution in [-0.4, -0.2) is 55.5 Å². The average molecular weight is 281 g/mol. The largest absolute Gasteiger partial charge is 0.477 e. The van der Waals surface area contributed by atoms with E-state index in [-0.39, 0.29) is 18.5 Å². The summed E-state index contributed by atoms with van der Waals surface area (Å²) in [4.78, 5) is 21.8. The van der Waals surface area contributed by atoms with Crippen LogP contribution >= 0.6 is 0 Å². The molecule has 7 nitrogen and oxygen atoms in total. The second-order valence-corrected chi connectivity index (χ2v) is 4.37. The molecule has 1 saturated heterocycles. The maximum Gasteiger partial charge on any atom is 0.308 e. The minimum atomic E-state index is -0.272. The van der Waals surface area contributed by atoms with E-state index in [4.69, 9.17) is 9.47 Å². The van der Waals surface area contributed by atoms with Crippen LogP contribution in [0.4, 0.5) is 5.82 Å². The molecule has 1 fully saturated rings. The Bertz CT molecular complexity index is 455. The van der Waals surface area contributed by atoms with Crippen LogP contribution in [0.5, 0.6) is 5.88 Å². The molecule has 2 heterocycles. The highest BCUT2D eigenvalue weighted by atomic mass is 16.5. The molecular weight excluding hydrogens is 262 g/mol. The molecule has 1 atom stereocenters. The van der Waals surface area contributed by atoms with E-state index in [2.05, 4.69) is 14.7 Å². The molecule has 0 bridgehead atoms. The third-order valence-electron chi connectivity index (χ3n) is 2.98. The maximum atomic E-state index is 11.3. The fourth-order valence-corrected chi connectivity index (χ4v) is 2.03. The molecule has 0 spiro atoms. The topological polar surface area (TPSA) is 73.8 Å². The fourth-order valence-electron chi connectivity index (χ4n) is 2.03. The molecule has 1 aromatic rings. The molecule has 7 heteroatoms. The molecule has 1 aliphatic rings. The van der Waals surface area contributed by atoms with Gasteiger partial charge in [-0.15, -0.1) is 0 Å². The molecule has 1 aliphatic heterocycles. The Morgan fingerprint density at radius 1 is 1.55 bits per heavy atom. The molecule has 2 rings (SSSR count). The van der Waals surface area contributed by atoms with E-state index in [9.17, 15) is 4.79 Å². The predicted octanol–water partition coefficient (Wildman–Crippen LogP) is 0.644. The second-order valence-electron chi connectivity index (χ2n) is 4.37. The zero-order valence-corrected chi connectivity index (χ0v) is 11.7. The van der Waals surface area contributed by atoms with Crippen LogP contribution in [-0.2, 0) is 14.3 Å². The van der Waals surface area contributed by atoms with Crippen molar-refractivity contribution >= 4 is 11.8 Å². The number of carbonyl (C=O) groups is 1. The van der Waals surface area contributed by atoms with Crippen molar-refractivity contribution in [2.75, 3.05) is 38.3 Å². The maximum absolute atomic E-state index is 11.3. The third kappa shape index (κ3) is 3.80. The van der Waals surface area contributed by atoms with Crippen molar-refractivity contribution in [1.82, 2.24) is 9.97 Å². The van der Waals surface area contributed by atoms with Crippen molar-refractivity contribution in [2.24, 2.45) is 0 Å². The number of nitrogens with zero attached hydrogens (tertiary/aromatic N) is 3. The molecule has 110 valence electrons. The van der Waals surface area contributed by atoms with Gasteiger partial charge in [0.15, 0.2) is 5.82 Å². The Kier molecular flexibility index (Phi) is 5.11. The first kappa shape index (κ1) is 14.5. The number of methoxy groups -OCH3 is 1. The minimum absolute atomic E-state index is 0.186. The van der Waals surface area contributed by atoms with Crippen molar-refractivity contribution in [3.63, 3.8) is 0 Å². The van der Waals surface area contributed by atoms with E-state index in [1.807, 2.05) is 11.8 Å². The molecule has 0 aromatic carbocycles. The van der Waals surface area contributed by atoms with Gasteiger partial charge in [0.1, 0.15) is 0 Å². The molecule has 0 amide bonds. The van der Waals surface area contributed by atoms with Gasteiger partial charge in [0, 0.05) is 13.1 Å². The Balaban J connectivity index is 2.01. The number of esters is 1. The second kappa shape index (κ2) is 7.04. The first-order chi connectivity index (χ1) is 9.72. The highest BCUT2D eigenvalue weighted by Crippen LogP contribution is 2.18. The summed E-state index contributed by atoms with van der Waals surface area (Å²) in [6.45, 7) is 4.28. The summed E-state index contributed by atoms with van der Waals surface area (Å²) in [7, 11) is 1.37. The van der Waals surface area contributed by atoms with Gasteiger partial charge in [-0.2, -0.15) is 4.98 Å². The van der Waals surface area contributed by atoms with E-state index in [0.717, 1.165) is 5.82 Å². The zero-order valence-electron chi connectivity index (χ0n) is 11.7. The Labute approximate surface area is 117 Å². The summed E-state index contributed by atoms with van der Waals surface area (Å²) < 4.78 is 15.6. The van der Waals surface area contributed by atoms with E-state index >= 15 is 0 Å². The Morgan fingerprint density at radius 3 is 3.15 bits per heavy atom. The highest BCUT2D eigenvalue weighted by Gasteiger charge is 2.24. The normalized spacial score (nSPS) is 18.7. The first-order valence-electron chi connectivity index (χ1n) is 6.61. The summed E-state index contributed by atoms with van der Waals surface area (Å²) in [6.07, 6.45) is 3.32. The summed E-state index contributed by atoms with van der Waals surface area (Å²) in [6, 6.07) is 0. The number of rotatable bonds is 5. The molecule has 20 heavy (non-hydrogen) atoms. The van der Waals surface area contributed by atoms with E-state index in [1.54, 1.807) is 12.4 Å². The van der Waals surface area contributed by atoms with Crippen LogP contribution in [0.2, 0.25) is 0 Å². The number of hydrogen-bond acceptors (Lipinski definition) is 7. The minimum Gasteiger partial charge on any atom is -0.477 e. The van der Waals surface area contributed by atoms with Crippen molar-refractivity contribution in [2.45, 2.75) is 19.4 Å². The van der Waals surface area contributed by atoms with Gasteiger partial charge in [-0.1, -0.05) is 0 Å². The van der Waals surface area contributed by atoms with Crippen molar-refractivity contribution < 1.29 is 19.0 Å². The van der Waals surface area contributed by atoms with E-state index in [0.29, 0.717) is 32.2 Å². The lowest BCUT2D eigenvalue weighted by Crippen LogP contribution is -2.43. The van der Waals surface area contributed by atoms with Crippen LogP contribution in [0.1, 0.15) is 13.3 Å². The summed E-state index contributed by atoms with van der Waals surface area (Å²) in [5.41, 5.74) is 0. The number of carbonyl (C=O) groups excluding carboxylic acids is 1. The SMILES string of the molecule is CCOc1cncc(N2CCOC(CC(=O)OC)C2)n1. The summed E-state index contributed by atoms with van der Waals surface area (Å²) in [5, 5.41) is 0. The Hall–Kier alpha value is -1.89. The van der Waals surface area contributed by atoms with Crippen LogP contribution < -0.4 is 9.64 Å². The lowest BCUT2D eigenvalue weighted by atomic mass is 10.2. The van der Waals surface area contributed by atoms with Crippen molar-refractivity contribution in [3.05, 3.63) is 12.4 Å². The molecular formula is C13H19N3O4. The highest BCUT2D eigenvalue weighted by molar-refractivity contribution is 5.69. The van der Waals surface area contributed by atoms with Gasteiger partial charge in [0.25, 0.3) is 0 Å². The predicted molar refractivity (Wildman–Crippen MR) is 71.8 cm³/mol. The van der Waals surface area contributed by atoms with Gasteiger partial charge in [0.2, 0.25) is 5.88 Å². The number of anilines is 1. The van der Waals surface area contributed by atoms with Gasteiger partial charge in [-0.3, -0.25) is 9.78 Å². The van der Waals surface area contributed by atoms with Gasteiger partial charge >= 0.3 is 5.97 Å². The van der Waals surface area contributed by atoms with Gasteiger partial charge in [-0.25, -0.2) is 0 Å². The standard InChI is InChI=1S/C13H19N3O4/c1-3-19-12-8-14-7-11(15-12)16-4-5-20-10(9-16)6-13(17)18-2/h7-8,10H,3-6,9H2,1-2H3. The fraction of sp³-hybridized carbons (Fsp3) is 0.615. The van der Waals surface area contributed by atoms with Crippen LogP contribution in [0.25, 0.3) is 0 Å². The van der Waals surface area contributed by atoms with Crippen molar-refractivity contribution in [3.8, 4) is 5.88 Å². The van der Waals surface area contributed by atoms with Gasteiger partial charge in [0.05, 0.1) is 45.2 Å². The smallest absolute Gasteiger partial charge is 0.308 e. The molecule has 1 unspecified atom stereocenters. The number of hydrogen-bond donors (Lipinski definition) is 0.